The minimum Gasteiger partial charge on any atom is -0.393 e. The van der Waals surface area contributed by atoms with Gasteiger partial charge in [0.25, 0.3) is 0 Å². The normalized spacial score (nSPS) is 20.6. The Morgan fingerprint density at radius 3 is 2.50 bits per heavy atom. The summed E-state index contributed by atoms with van der Waals surface area (Å²) in [6.45, 7) is 4.21. The van der Waals surface area contributed by atoms with Crippen molar-refractivity contribution in [2.24, 2.45) is 11.1 Å². The molecule has 0 bridgehead atoms. The van der Waals surface area contributed by atoms with E-state index in [4.69, 9.17) is 4.84 Å². The van der Waals surface area contributed by atoms with Crippen LogP contribution < -0.4 is 0 Å². The third-order valence-electron chi connectivity index (χ3n) is 2.12. The first-order valence-electron chi connectivity index (χ1n) is 4.98. The molecule has 12 heavy (non-hydrogen) atoms. The lowest BCUT2D eigenvalue weighted by Gasteiger charge is -2.19. The van der Waals surface area contributed by atoms with E-state index < -0.39 is 0 Å². The lowest BCUT2D eigenvalue weighted by atomic mass is 9.98. The maximum atomic E-state index is 5.36. The summed E-state index contributed by atoms with van der Waals surface area (Å²) in [6, 6.07) is 0. The quantitative estimate of drug-likeness (QED) is 0.470. The van der Waals surface area contributed by atoms with Crippen LogP contribution in [-0.4, -0.2) is 12.3 Å². The minimum absolute atomic E-state index is 0.397. The van der Waals surface area contributed by atoms with E-state index in [0.717, 1.165) is 0 Å². The molecule has 0 radical (unpaired) electrons. The largest absolute Gasteiger partial charge is 0.393 e. The van der Waals surface area contributed by atoms with Crippen molar-refractivity contribution >= 4 is 6.21 Å². The van der Waals surface area contributed by atoms with Crippen LogP contribution in [0.4, 0.5) is 0 Å². The molecule has 0 saturated heterocycles. The van der Waals surface area contributed by atoms with Gasteiger partial charge in [-0.05, 0) is 31.6 Å². The van der Waals surface area contributed by atoms with E-state index in [2.05, 4.69) is 19.0 Å². The molecular formula is C10H19NO. The molecule has 0 spiro atoms. The fourth-order valence-corrected chi connectivity index (χ4v) is 1.41. The van der Waals surface area contributed by atoms with Gasteiger partial charge in [-0.15, -0.1) is 0 Å². The molecule has 0 amide bonds. The van der Waals surface area contributed by atoms with Crippen LogP contribution in [-0.2, 0) is 4.84 Å². The molecule has 70 valence electrons. The van der Waals surface area contributed by atoms with Gasteiger partial charge in [0.1, 0.15) is 6.10 Å². The molecule has 1 saturated carbocycles. The predicted octanol–water partition coefficient (Wildman–Crippen LogP) is 2.98. The van der Waals surface area contributed by atoms with Crippen molar-refractivity contribution in [2.45, 2.75) is 52.1 Å². The van der Waals surface area contributed by atoms with E-state index in [1.165, 1.54) is 32.1 Å². The minimum atomic E-state index is 0.397. The highest BCUT2D eigenvalue weighted by atomic mass is 16.6. The van der Waals surface area contributed by atoms with Crippen LogP contribution in [0.2, 0.25) is 0 Å². The van der Waals surface area contributed by atoms with Crippen molar-refractivity contribution in [1.29, 1.82) is 0 Å². The summed E-state index contributed by atoms with van der Waals surface area (Å²) in [7, 11) is 0. The molecule has 0 aromatic rings. The molecule has 0 atom stereocenters. The Hall–Kier alpha value is -0.530. The predicted molar refractivity (Wildman–Crippen MR) is 51.3 cm³/mol. The van der Waals surface area contributed by atoms with E-state index in [-0.39, 0.29) is 0 Å². The zero-order chi connectivity index (χ0) is 8.81. The van der Waals surface area contributed by atoms with Crippen LogP contribution in [0.1, 0.15) is 46.0 Å². The third-order valence-corrected chi connectivity index (χ3v) is 2.12. The van der Waals surface area contributed by atoms with Crippen molar-refractivity contribution in [3.63, 3.8) is 0 Å². The molecular weight excluding hydrogens is 150 g/mol. The monoisotopic (exact) mass is 169 g/mol. The Kier molecular flexibility index (Phi) is 4.12. The van der Waals surface area contributed by atoms with E-state index in [0.29, 0.717) is 12.0 Å². The Morgan fingerprint density at radius 1 is 1.25 bits per heavy atom. The second kappa shape index (κ2) is 5.18. The molecule has 0 aliphatic heterocycles. The zero-order valence-corrected chi connectivity index (χ0v) is 8.12. The molecule has 1 aliphatic carbocycles. The molecule has 1 fully saturated rings. The van der Waals surface area contributed by atoms with Crippen LogP contribution in [0, 0.1) is 5.92 Å². The van der Waals surface area contributed by atoms with Gasteiger partial charge in [0.05, 0.1) is 0 Å². The number of rotatable bonds is 3. The highest BCUT2D eigenvalue weighted by molar-refractivity contribution is 5.58. The van der Waals surface area contributed by atoms with Crippen LogP contribution in [0.5, 0.6) is 0 Å². The zero-order valence-electron chi connectivity index (χ0n) is 8.12. The first-order chi connectivity index (χ1) is 5.79. The molecule has 2 nitrogen and oxygen atoms in total. The molecule has 0 unspecified atom stereocenters. The van der Waals surface area contributed by atoms with Gasteiger partial charge in [-0.2, -0.15) is 0 Å². The average Bonchev–Trinajstić information content (AvgIpc) is 2.05. The number of oxime groups is 1. The van der Waals surface area contributed by atoms with Crippen molar-refractivity contribution in [2.75, 3.05) is 0 Å². The van der Waals surface area contributed by atoms with Gasteiger partial charge in [-0.1, -0.05) is 25.4 Å². The van der Waals surface area contributed by atoms with E-state index in [9.17, 15) is 0 Å². The second-order valence-corrected chi connectivity index (χ2v) is 3.86. The Morgan fingerprint density at radius 2 is 1.92 bits per heavy atom. The fourth-order valence-electron chi connectivity index (χ4n) is 1.41. The van der Waals surface area contributed by atoms with E-state index in [1.54, 1.807) is 0 Å². The van der Waals surface area contributed by atoms with Crippen LogP contribution in [0.3, 0.4) is 0 Å². The summed E-state index contributed by atoms with van der Waals surface area (Å²) in [5.41, 5.74) is 0. The van der Waals surface area contributed by atoms with Gasteiger partial charge in [0, 0.05) is 6.21 Å². The molecule has 0 aromatic carbocycles. The highest BCUT2D eigenvalue weighted by Gasteiger charge is 2.13. The number of hydrogen-bond donors (Lipinski definition) is 0. The van der Waals surface area contributed by atoms with E-state index >= 15 is 0 Å². The van der Waals surface area contributed by atoms with Crippen molar-refractivity contribution in [1.82, 2.24) is 0 Å². The number of nitrogens with zero attached hydrogens (tertiary/aromatic N) is 1. The summed E-state index contributed by atoms with van der Waals surface area (Å²) in [5, 5.41) is 3.97. The summed E-state index contributed by atoms with van der Waals surface area (Å²) >= 11 is 0. The molecule has 0 aromatic heterocycles. The Bertz CT molecular complexity index is 137. The first-order valence-corrected chi connectivity index (χ1v) is 4.98. The molecule has 0 heterocycles. The highest BCUT2D eigenvalue weighted by Crippen LogP contribution is 2.20. The SMILES string of the molecule is CC(C)/C=N/OC1CCCCC1. The maximum absolute atomic E-state index is 5.36. The fraction of sp³-hybridized carbons (Fsp3) is 0.900. The third kappa shape index (κ3) is 3.74. The van der Waals surface area contributed by atoms with Crippen LogP contribution in [0.15, 0.2) is 5.16 Å². The second-order valence-electron chi connectivity index (χ2n) is 3.86. The van der Waals surface area contributed by atoms with Gasteiger partial charge in [0.15, 0.2) is 0 Å². The molecule has 0 N–H and O–H groups in total. The van der Waals surface area contributed by atoms with Gasteiger partial charge < -0.3 is 4.84 Å². The van der Waals surface area contributed by atoms with Crippen LogP contribution in [0.25, 0.3) is 0 Å². The Balaban J connectivity index is 2.12. The van der Waals surface area contributed by atoms with Crippen molar-refractivity contribution in [3.05, 3.63) is 0 Å². The molecule has 2 heteroatoms. The smallest absolute Gasteiger partial charge is 0.127 e. The van der Waals surface area contributed by atoms with Gasteiger partial charge >= 0.3 is 0 Å². The Labute approximate surface area is 75.0 Å². The summed E-state index contributed by atoms with van der Waals surface area (Å²) in [5.74, 6) is 0.494. The summed E-state index contributed by atoms with van der Waals surface area (Å²) in [4.78, 5) is 5.36. The van der Waals surface area contributed by atoms with Gasteiger partial charge in [0.2, 0.25) is 0 Å². The standard InChI is InChI=1S/C10H19NO/c1-9(2)8-11-12-10-6-4-3-5-7-10/h8-10H,3-7H2,1-2H3/b11-8+. The van der Waals surface area contributed by atoms with E-state index in [1.807, 2.05) is 6.21 Å². The van der Waals surface area contributed by atoms with Crippen LogP contribution >= 0.6 is 0 Å². The topological polar surface area (TPSA) is 21.6 Å². The lowest BCUT2D eigenvalue weighted by molar-refractivity contribution is 0.0333. The number of hydrogen-bond acceptors (Lipinski definition) is 2. The van der Waals surface area contributed by atoms with Crippen molar-refractivity contribution in [3.8, 4) is 0 Å². The maximum Gasteiger partial charge on any atom is 0.127 e. The average molecular weight is 169 g/mol. The summed E-state index contributed by atoms with van der Waals surface area (Å²) < 4.78 is 0. The van der Waals surface area contributed by atoms with Gasteiger partial charge in [-0.25, -0.2) is 0 Å². The lowest BCUT2D eigenvalue weighted by Crippen LogP contribution is -2.13. The molecule has 1 aliphatic rings. The molecule has 1 rings (SSSR count). The van der Waals surface area contributed by atoms with Gasteiger partial charge in [-0.3, -0.25) is 0 Å². The first kappa shape index (κ1) is 9.56. The van der Waals surface area contributed by atoms with Crippen molar-refractivity contribution < 1.29 is 4.84 Å². The summed E-state index contributed by atoms with van der Waals surface area (Å²) in [6.07, 6.45) is 8.63.